The Hall–Kier alpha value is -3.61. The largest absolute Gasteiger partial charge is 0.507 e. The van der Waals surface area contributed by atoms with Gasteiger partial charge in [-0.2, -0.15) is 0 Å². The van der Waals surface area contributed by atoms with Gasteiger partial charge in [0.15, 0.2) is 0 Å². The molecular formula is C22H22N2O5. The summed E-state index contributed by atoms with van der Waals surface area (Å²) < 4.78 is 0. The Bertz CT molecular complexity index is 964. The number of carboxylic acids is 1. The van der Waals surface area contributed by atoms with Crippen molar-refractivity contribution in [3.63, 3.8) is 0 Å². The Morgan fingerprint density at radius 3 is 2.17 bits per heavy atom. The van der Waals surface area contributed by atoms with Crippen LogP contribution in [0.2, 0.25) is 0 Å². The maximum atomic E-state index is 12.8. The smallest absolute Gasteiger partial charge is 0.305 e. The number of hydrogen-bond donors (Lipinski definition) is 2. The molecule has 29 heavy (non-hydrogen) atoms. The minimum Gasteiger partial charge on any atom is -0.507 e. The number of aliphatic hydroxyl groups excluding tert-OH is 1. The number of anilines is 1. The highest BCUT2D eigenvalue weighted by molar-refractivity contribution is 6.46. The molecule has 0 aliphatic carbocycles. The minimum absolute atomic E-state index is 0.0378. The SMILES string of the molecule is CN(C)c1ccc([C@@H]2C(=C(O)c3ccccc3)C(=O)C(=O)N2CCC(=O)O)cc1. The van der Waals surface area contributed by atoms with Gasteiger partial charge in [0.2, 0.25) is 0 Å². The Morgan fingerprint density at radius 1 is 1.00 bits per heavy atom. The van der Waals surface area contributed by atoms with Gasteiger partial charge >= 0.3 is 5.97 Å². The molecule has 0 aromatic heterocycles. The van der Waals surface area contributed by atoms with Gasteiger partial charge in [0.05, 0.1) is 18.0 Å². The van der Waals surface area contributed by atoms with Crippen molar-refractivity contribution in [2.24, 2.45) is 0 Å². The summed E-state index contributed by atoms with van der Waals surface area (Å²) in [7, 11) is 3.78. The Balaban J connectivity index is 2.13. The zero-order chi connectivity index (χ0) is 21.1. The normalized spacial score (nSPS) is 18.1. The zero-order valence-corrected chi connectivity index (χ0v) is 16.2. The number of likely N-dealkylation sites (tertiary alicyclic amines) is 1. The molecule has 1 amide bonds. The first-order valence-corrected chi connectivity index (χ1v) is 9.14. The van der Waals surface area contributed by atoms with Gasteiger partial charge in [-0.05, 0) is 17.7 Å². The number of aliphatic hydroxyl groups is 1. The van der Waals surface area contributed by atoms with Crippen molar-refractivity contribution >= 4 is 29.1 Å². The molecule has 7 heteroatoms. The van der Waals surface area contributed by atoms with E-state index in [9.17, 15) is 19.5 Å². The molecule has 150 valence electrons. The summed E-state index contributed by atoms with van der Waals surface area (Å²) in [6.07, 6.45) is -0.301. The molecule has 0 bridgehead atoms. The molecule has 0 saturated carbocycles. The maximum Gasteiger partial charge on any atom is 0.305 e. The van der Waals surface area contributed by atoms with Crippen molar-refractivity contribution in [1.82, 2.24) is 4.90 Å². The van der Waals surface area contributed by atoms with Crippen molar-refractivity contribution in [3.05, 3.63) is 71.3 Å². The van der Waals surface area contributed by atoms with Gasteiger partial charge in [0.1, 0.15) is 5.76 Å². The number of amides is 1. The highest BCUT2D eigenvalue weighted by Gasteiger charge is 2.46. The van der Waals surface area contributed by atoms with Crippen LogP contribution in [0, 0.1) is 0 Å². The van der Waals surface area contributed by atoms with Crippen LogP contribution < -0.4 is 4.90 Å². The molecule has 2 N–H and O–H groups in total. The number of rotatable bonds is 6. The molecule has 2 aromatic carbocycles. The second kappa shape index (κ2) is 8.18. The highest BCUT2D eigenvalue weighted by atomic mass is 16.4. The minimum atomic E-state index is -1.07. The van der Waals surface area contributed by atoms with Crippen molar-refractivity contribution in [1.29, 1.82) is 0 Å². The monoisotopic (exact) mass is 394 g/mol. The summed E-state index contributed by atoms with van der Waals surface area (Å²) >= 11 is 0. The standard InChI is InChI=1S/C22H22N2O5/c1-23(2)16-10-8-14(9-11-16)19-18(20(27)15-6-4-3-5-7-15)21(28)22(29)24(19)13-12-17(25)26/h3-11,19,27H,12-13H2,1-2H3,(H,25,26)/t19-/m1/s1. The van der Waals surface area contributed by atoms with Gasteiger partial charge in [-0.15, -0.1) is 0 Å². The van der Waals surface area contributed by atoms with Crippen LogP contribution in [0.15, 0.2) is 60.2 Å². The predicted molar refractivity (Wildman–Crippen MR) is 108 cm³/mol. The molecule has 0 spiro atoms. The molecule has 1 atom stereocenters. The number of Topliss-reactive ketones (excluding diaryl/α,β-unsaturated/α-hetero) is 1. The second-order valence-electron chi connectivity index (χ2n) is 6.99. The fourth-order valence-corrected chi connectivity index (χ4v) is 3.38. The number of carbonyl (C=O) groups is 3. The van der Waals surface area contributed by atoms with E-state index < -0.39 is 23.7 Å². The van der Waals surface area contributed by atoms with Crippen molar-refractivity contribution in [2.45, 2.75) is 12.5 Å². The van der Waals surface area contributed by atoms with Crippen molar-refractivity contribution in [3.8, 4) is 0 Å². The van der Waals surface area contributed by atoms with Crippen LogP contribution in [-0.2, 0) is 14.4 Å². The van der Waals surface area contributed by atoms with E-state index in [2.05, 4.69) is 0 Å². The summed E-state index contributed by atoms with van der Waals surface area (Å²) in [6, 6.07) is 14.9. The summed E-state index contributed by atoms with van der Waals surface area (Å²) in [5.41, 5.74) is 1.93. The molecule has 0 radical (unpaired) electrons. The van der Waals surface area contributed by atoms with E-state index in [0.717, 1.165) is 5.69 Å². The van der Waals surface area contributed by atoms with Crippen LogP contribution in [0.1, 0.15) is 23.6 Å². The first-order chi connectivity index (χ1) is 13.8. The quantitative estimate of drug-likeness (QED) is 0.444. The second-order valence-corrected chi connectivity index (χ2v) is 6.99. The van der Waals surface area contributed by atoms with E-state index in [0.29, 0.717) is 11.1 Å². The third-order valence-electron chi connectivity index (χ3n) is 4.88. The van der Waals surface area contributed by atoms with E-state index in [1.807, 2.05) is 31.1 Å². The van der Waals surface area contributed by atoms with Crippen LogP contribution in [0.3, 0.4) is 0 Å². The highest BCUT2D eigenvalue weighted by Crippen LogP contribution is 2.39. The average molecular weight is 394 g/mol. The third kappa shape index (κ3) is 3.99. The number of ketones is 1. The van der Waals surface area contributed by atoms with Crippen LogP contribution in [0.4, 0.5) is 5.69 Å². The molecule has 7 nitrogen and oxygen atoms in total. The summed E-state index contributed by atoms with van der Waals surface area (Å²) in [5.74, 6) is -2.98. The first kappa shape index (κ1) is 20.1. The molecule has 0 unspecified atom stereocenters. The zero-order valence-electron chi connectivity index (χ0n) is 16.2. The molecule has 1 heterocycles. The lowest BCUT2D eigenvalue weighted by Crippen LogP contribution is -2.31. The number of carboxylic acid groups (broad SMARTS) is 1. The Labute approximate surface area is 168 Å². The van der Waals surface area contributed by atoms with E-state index in [1.54, 1.807) is 42.5 Å². The average Bonchev–Trinajstić information content (AvgIpc) is 2.97. The lowest BCUT2D eigenvalue weighted by atomic mass is 9.95. The molecule has 3 rings (SSSR count). The first-order valence-electron chi connectivity index (χ1n) is 9.14. The van der Waals surface area contributed by atoms with E-state index in [1.165, 1.54) is 4.90 Å². The van der Waals surface area contributed by atoms with E-state index >= 15 is 0 Å². The lowest BCUT2D eigenvalue weighted by Gasteiger charge is -2.25. The fourth-order valence-electron chi connectivity index (χ4n) is 3.38. The molecule has 1 fully saturated rings. The number of carbonyl (C=O) groups excluding carboxylic acids is 2. The number of benzene rings is 2. The number of aliphatic carboxylic acids is 1. The fraction of sp³-hybridized carbons (Fsp3) is 0.227. The van der Waals surface area contributed by atoms with Gasteiger partial charge in [0.25, 0.3) is 11.7 Å². The van der Waals surface area contributed by atoms with Crippen LogP contribution in [0.25, 0.3) is 5.76 Å². The van der Waals surface area contributed by atoms with Crippen molar-refractivity contribution < 1.29 is 24.6 Å². The van der Waals surface area contributed by atoms with Gasteiger partial charge < -0.3 is 20.0 Å². The Morgan fingerprint density at radius 2 is 1.62 bits per heavy atom. The summed E-state index contributed by atoms with van der Waals surface area (Å²) in [6.45, 7) is -0.133. The molecule has 2 aromatic rings. The summed E-state index contributed by atoms with van der Waals surface area (Å²) in [4.78, 5) is 39.6. The third-order valence-corrected chi connectivity index (χ3v) is 4.88. The predicted octanol–water partition coefficient (Wildman–Crippen LogP) is 2.65. The molecule has 1 aliphatic rings. The van der Waals surface area contributed by atoms with Gasteiger partial charge in [-0.3, -0.25) is 14.4 Å². The van der Waals surface area contributed by atoms with E-state index in [-0.39, 0.29) is 24.3 Å². The maximum absolute atomic E-state index is 12.8. The molecule has 1 saturated heterocycles. The van der Waals surface area contributed by atoms with E-state index in [4.69, 9.17) is 5.11 Å². The van der Waals surface area contributed by atoms with Crippen molar-refractivity contribution in [2.75, 3.05) is 25.5 Å². The molecule has 1 aliphatic heterocycles. The number of nitrogens with zero attached hydrogens (tertiary/aromatic N) is 2. The van der Waals surface area contributed by atoms with Crippen LogP contribution >= 0.6 is 0 Å². The van der Waals surface area contributed by atoms with Gasteiger partial charge in [-0.1, -0.05) is 42.5 Å². The Kier molecular flexibility index (Phi) is 5.68. The number of hydrogen-bond acceptors (Lipinski definition) is 5. The molecular weight excluding hydrogens is 372 g/mol. The topological polar surface area (TPSA) is 98.2 Å². The summed E-state index contributed by atoms with van der Waals surface area (Å²) in [5, 5.41) is 19.9. The van der Waals surface area contributed by atoms with Crippen LogP contribution in [0.5, 0.6) is 0 Å². The lowest BCUT2D eigenvalue weighted by molar-refractivity contribution is -0.142. The van der Waals surface area contributed by atoms with Crippen LogP contribution in [-0.4, -0.2) is 53.4 Å². The van der Waals surface area contributed by atoms with Gasteiger partial charge in [-0.25, -0.2) is 0 Å². The van der Waals surface area contributed by atoms with Gasteiger partial charge in [0, 0.05) is 31.9 Å².